The van der Waals surface area contributed by atoms with Crippen molar-refractivity contribution < 1.29 is 13.2 Å². The van der Waals surface area contributed by atoms with E-state index in [1.54, 1.807) is 18.2 Å². The number of benzene rings is 1. The van der Waals surface area contributed by atoms with Crippen molar-refractivity contribution in [2.45, 2.75) is 51.3 Å². The average molecular weight is 382 g/mol. The summed E-state index contributed by atoms with van der Waals surface area (Å²) in [6, 6.07) is 4.96. The Morgan fingerprint density at radius 2 is 1.81 bits per heavy atom. The molecule has 0 aliphatic carbocycles. The van der Waals surface area contributed by atoms with Crippen LogP contribution < -0.4 is 10.2 Å². The predicted molar refractivity (Wildman–Crippen MR) is 105 cm³/mol. The number of rotatable bonds is 9. The fraction of sp³-hybridized carbons (Fsp3) is 0.632. The minimum Gasteiger partial charge on any atom is -0.371 e. The lowest BCUT2D eigenvalue weighted by molar-refractivity contribution is 0.0953. The van der Waals surface area contributed by atoms with Crippen LogP contribution in [0.25, 0.3) is 0 Å². The molecule has 1 aliphatic rings. The number of hydrogen-bond donors (Lipinski definition) is 1. The van der Waals surface area contributed by atoms with E-state index in [-0.39, 0.29) is 10.8 Å². The van der Waals surface area contributed by atoms with Crippen molar-refractivity contribution in [3.63, 3.8) is 0 Å². The second-order valence-corrected chi connectivity index (χ2v) is 8.51. The molecule has 0 bridgehead atoms. The molecule has 26 heavy (non-hydrogen) atoms. The highest BCUT2D eigenvalue weighted by Crippen LogP contribution is 2.28. The second-order valence-electron chi connectivity index (χ2n) is 6.57. The molecule has 0 saturated carbocycles. The summed E-state index contributed by atoms with van der Waals surface area (Å²) in [5, 5.41) is 2.93. The van der Waals surface area contributed by atoms with Crippen LogP contribution in [0.3, 0.4) is 0 Å². The highest BCUT2D eigenvalue weighted by molar-refractivity contribution is 7.89. The van der Waals surface area contributed by atoms with Crippen molar-refractivity contribution >= 4 is 21.6 Å². The number of anilines is 1. The van der Waals surface area contributed by atoms with E-state index >= 15 is 0 Å². The molecule has 0 unspecified atom stereocenters. The maximum Gasteiger partial charge on any atom is 0.253 e. The summed E-state index contributed by atoms with van der Waals surface area (Å²) < 4.78 is 27.1. The van der Waals surface area contributed by atoms with Crippen LogP contribution in [0.15, 0.2) is 23.1 Å². The molecule has 1 fully saturated rings. The van der Waals surface area contributed by atoms with E-state index in [9.17, 15) is 13.2 Å². The fourth-order valence-corrected chi connectivity index (χ4v) is 4.76. The standard InChI is InChI=1S/C19H31N3O3S/c1-4-7-12-20-19(23)17-15-16(26(24,25)22(5-2)6-3)10-11-18(17)21-13-8-9-14-21/h10-11,15H,4-9,12-14H2,1-3H3,(H,20,23). The van der Waals surface area contributed by atoms with Crippen molar-refractivity contribution in [3.8, 4) is 0 Å². The third kappa shape index (κ3) is 4.57. The Morgan fingerprint density at radius 3 is 2.38 bits per heavy atom. The highest BCUT2D eigenvalue weighted by atomic mass is 32.2. The molecule has 1 N–H and O–H groups in total. The van der Waals surface area contributed by atoms with Gasteiger partial charge >= 0.3 is 0 Å². The highest BCUT2D eigenvalue weighted by Gasteiger charge is 2.26. The SMILES string of the molecule is CCCCNC(=O)c1cc(S(=O)(=O)N(CC)CC)ccc1N1CCCC1. The Kier molecular flexibility index (Phi) is 7.46. The van der Waals surface area contributed by atoms with Crippen molar-refractivity contribution in [1.82, 2.24) is 9.62 Å². The molecule has 1 aromatic rings. The first-order valence-corrected chi connectivity index (χ1v) is 11.1. The van der Waals surface area contributed by atoms with Crippen LogP contribution in [-0.4, -0.2) is 51.4 Å². The molecule has 1 aromatic carbocycles. The van der Waals surface area contributed by atoms with Crippen LogP contribution in [0, 0.1) is 0 Å². The van der Waals surface area contributed by atoms with Crippen LogP contribution in [0.1, 0.15) is 56.8 Å². The van der Waals surface area contributed by atoms with Gasteiger partial charge in [0.2, 0.25) is 10.0 Å². The summed E-state index contributed by atoms with van der Waals surface area (Å²) in [5.74, 6) is -0.197. The van der Waals surface area contributed by atoms with E-state index in [4.69, 9.17) is 0 Å². The normalized spacial score (nSPS) is 14.8. The number of amides is 1. The molecule has 1 saturated heterocycles. The Bertz CT molecular complexity index is 709. The van der Waals surface area contributed by atoms with Crippen molar-refractivity contribution in [1.29, 1.82) is 0 Å². The van der Waals surface area contributed by atoms with E-state index in [2.05, 4.69) is 17.1 Å². The molecule has 6 nitrogen and oxygen atoms in total. The van der Waals surface area contributed by atoms with E-state index in [0.29, 0.717) is 25.2 Å². The summed E-state index contributed by atoms with van der Waals surface area (Å²) in [5.41, 5.74) is 1.28. The van der Waals surface area contributed by atoms with Crippen molar-refractivity contribution in [2.75, 3.05) is 37.6 Å². The number of carbonyl (C=O) groups excluding carboxylic acids is 1. The van der Waals surface area contributed by atoms with Gasteiger partial charge in [-0.15, -0.1) is 0 Å². The van der Waals surface area contributed by atoms with Crippen LogP contribution in [0.2, 0.25) is 0 Å². The summed E-state index contributed by atoms with van der Waals surface area (Å²) in [7, 11) is -3.59. The Hall–Kier alpha value is -1.60. The Labute approximate surface area is 157 Å². The largest absolute Gasteiger partial charge is 0.371 e. The molecular weight excluding hydrogens is 350 g/mol. The minimum atomic E-state index is -3.59. The van der Waals surface area contributed by atoms with Gasteiger partial charge in [-0.1, -0.05) is 27.2 Å². The van der Waals surface area contributed by atoms with E-state index in [1.165, 1.54) is 4.31 Å². The maximum atomic E-state index is 12.8. The molecule has 146 valence electrons. The van der Waals surface area contributed by atoms with Gasteiger partial charge < -0.3 is 10.2 Å². The molecule has 0 atom stereocenters. The lowest BCUT2D eigenvalue weighted by Gasteiger charge is -2.23. The average Bonchev–Trinajstić information content (AvgIpc) is 3.16. The predicted octanol–water partition coefficient (Wildman–Crippen LogP) is 2.85. The third-order valence-corrected chi connectivity index (χ3v) is 6.86. The van der Waals surface area contributed by atoms with Crippen molar-refractivity contribution in [3.05, 3.63) is 23.8 Å². The lowest BCUT2D eigenvalue weighted by Crippen LogP contribution is -2.32. The van der Waals surface area contributed by atoms with Gasteiger partial charge in [0.15, 0.2) is 0 Å². The second kappa shape index (κ2) is 9.37. The first kappa shape index (κ1) is 20.7. The number of hydrogen-bond acceptors (Lipinski definition) is 4. The third-order valence-electron chi connectivity index (χ3n) is 4.82. The molecule has 1 amide bonds. The van der Waals surface area contributed by atoms with Gasteiger partial charge in [-0.25, -0.2) is 8.42 Å². The number of sulfonamides is 1. The zero-order valence-corrected chi connectivity index (χ0v) is 16.9. The van der Waals surface area contributed by atoms with Crippen LogP contribution in [0.4, 0.5) is 5.69 Å². The number of unbranched alkanes of at least 4 members (excludes halogenated alkanes) is 1. The smallest absolute Gasteiger partial charge is 0.253 e. The molecule has 1 heterocycles. The van der Waals surface area contributed by atoms with Crippen molar-refractivity contribution in [2.24, 2.45) is 0 Å². The van der Waals surface area contributed by atoms with Gasteiger partial charge in [0.05, 0.1) is 10.5 Å². The quantitative estimate of drug-likeness (QED) is 0.668. The van der Waals surface area contributed by atoms with Gasteiger partial charge in [-0.2, -0.15) is 4.31 Å². The van der Waals surface area contributed by atoms with E-state index in [0.717, 1.165) is 44.5 Å². The maximum absolute atomic E-state index is 12.8. The summed E-state index contributed by atoms with van der Waals surface area (Å²) in [6.07, 6.45) is 4.09. The van der Waals surface area contributed by atoms with Gasteiger partial charge in [-0.05, 0) is 37.5 Å². The molecule has 0 radical (unpaired) electrons. The Balaban J connectivity index is 2.41. The summed E-state index contributed by atoms with van der Waals surface area (Å²) >= 11 is 0. The summed E-state index contributed by atoms with van der Waals surface area (Å²) in [6.45, 7) is 8.92. The Morgan fingerprint density at radius 1 is 1.15 bits per heavy atom. The molecule has 1 aliphatic heterocycles. The van der Waals surface area contributed by atoms with Crippen LogP contribution in [0.5, 0.6) is 0 Å². The lowest BCUT2D eigenvalue weighted by atomic mass is 10.1. The number of nitrogens with one attached hydrogen (secondary N) is 1. The fourth-order valence-electron chi connectivity index (χ4n) is 3.28. The first-order chi connectivity index (χ1) is 12.5. The molecule has 0 spiro atoms. The topological polar surface area (TPSA) is 69.7 Å². The molecule has 2 rings (SSSR count). The van der Waals surface area contributed by atoms with Crippen LogP contribution in [-0.2, 0) is 10.0 Å². The molecule has 0 aromatic heterocycles. The number of carbonyl (C=O) groups is 1. The van der Waals surface area contributed by atoms with Gasteiger partial charge in [-0.3, -0.25) is 4.79 Å². The first-order valence-electron chi connectivity index (χ1n) is 9.63. The van der Waals surface area contributed by atoms with Gasteiger partial charge in [0, 0.05) is 38.4 Å². The summed E-state index contributed by atoms with van der Waals surface area (Å²) in [4.78, 5) is 15.1. The van der Waals surface area contributed by atoms with Gasteiger partial charge in [0.25, 0.3) is 5.91 Å². The zero-order chi connectivity index (χ0) is 19.2. The van der Waals surface area contributed by atoms with E-state index in [1.807, 2.05) is 13.8 Å². The zero-order valence-electron chi connectivity index (χ0n) is 16.1. The molecular formula is C19H31N3O3S. The monoisotopic (exact) mass is 381 g/mol. The van der Waals surface area contributed by atoms with Crippen LogP contribution >= 0.6 is 0 Å². The minimum absolute atomic E-state index is 0.185. The number of nitrogens with zero attached hydrogens (tertiary/aromatic N) is 2. The molecule has 7 heteroatoms. The van der Waals surface area contributed by atoms with E-state index < -0.39 is 10.0 Å². The van der Waals surface area contributed by atoms with Gasteiger partial charge in [0.1, 0.15) is 0 Å².